The third kappa shape index (κ3) is 5.53. The van der Waals surface area contributed by atoms with Crippen molar-refractivity contribution in [2.24, 2.45) is 0 Å². The van der Waals surface area contributed by atoms with E-state index in [0.717, 1.165) is 18.5 Å². The molecule has 0 atom stereocenters. The third-order valence-corrected chi connectivity index (χ3v) is 5.28. The number of rotatable bonds is 1. The molecule has 7 nitrogen and oxygen atoms in total. The first-order valence-electron chi connectivity index (χ1n) is 10.3. The van der Waals surface area contributed by atoms with E-state index < -0.39 is 0 Å². The smallest absolute Gasteiger partial charge is 0.274 e. The summed E-state index contributed by atoms with van der Waals surface area (Å²) >= 11 is 6.05. The molecular formula is C22H29ClN4O3. The Hall–Kier alpha value is -2.54. The maximum absolute atomic E-state index is 13.0. The molecule has 2 N–H and O–H groups in total. The largest absolute Gasteiger partial charge is 0.493 e. The van der Waals surface area contributed by atoms with Crippen LogP contribution in [0.1, 0.15) is 66.6 Å². The minimum absolute atomic E-state index is 0.0900. The van der Waals surface area contributed by atoms with E-state index in [2.05, 4.69) is 36.3 Å². The molecule has 0 bridgehead atoms. The summed E-state index contributed by atoms with van der Waals surface area (Å²) in [6.07, 6.45) is 2.19. The van der Waals surface area contributed by atoms with Gasteiger partial charge < -0.3 is 15.0 Å². The van der Waals surface area contributed by atoms with E-state index in [1.807, 2.05) is 11.0 Å². The highest BCUT2D eigenvalue weighted by Gasteiger charge is 2.23. The van der Waals surface area contributed by atoms with Gasteiger partial charge in [-0.2, -0.15) is 5.10 Å². The van der Waals surface area contributed by atoms with E-state index in [1.165, 1.54) is 0 Å². The number of ether oxygens (including phenoxy) is 1. The Balaban J connectivity index is 1.71. The van der Waals surface area contributed by atoms with Gasteiger partial charge in [-0.25, -0.2) is 0 Å². The number of nitrogens with zero attached hydrogens (tertiary/aromatic N) is 2. The van der Waals surface area contributed by atoms with Crippen LogP contribution in [0.2, 0.25) is 5.02 Å². The molecule has 1 aromatic carbocycles. The topological polar surface area (TPSA) is 87.3 Å². The highest BCUT2D eigenvalue weighted by molar-refractivity contribution is 6.31. The van der Waals surface area contributed by atoms with Crippen LogP contribution < -0.4 is 10.1 Å². The summed E-state index contributed by atoms with van der Waals surface area (Å²) in [5.74, 6) is 0.204. The summed E-state index contributed by atoms with van der Waals surface area (Å²) in [7, 11) is 0. The zero-order valence-corrected chi connectivity index (χ0v) is 18.5. The molecule has 2 aromatic rings. The number of benzene rings is 1. The molecular weight excluding hydrogens is 404 g/mol. The Morgan fingerprint density at radius 1 is 1.17 bits per heavy atom. The molecule has 3 rings (SSSR count). The number of amides is 2. The second-order valence-corrected chi connectivity index (χ2v) is 8.95. The maximum atomic E-state index is 13.0. The Kier molecular flexibility index (Phi) is 7.02. The van der Waals surface area contributed by atoms with Crippen LogP contribution in [0, 0.1) is 0 Å². The standard InChI is InChI=1S/C22H29ClN4O3/c1-22(2,3)19-14-17(25-26-19)21(29)27-10-5-4-9-24-20(28)16-13-15(23)7-8-18(16)30-12-6-11-27/h7-8,13-14H,4-6,9-12H2,1-3H3,(H,24,28)(H,25,26). The van der Waals surface area contributed by atoms with Crippen molar-refractivity contribution < 1.29 is 14.3 Å². The number of halogens is 1. The van der Waals surface area contributed by atoms with Gasteiger partial charge in [0, 0.05) is 35.8 Å². The van der Waals surface area contributed by atoms with E-state index in [1.54, 1.807) is 18.2 Å². The minimum atomic E-state index is -0.203. The lowest BCUT2D eigenvalue weighted by atomic mass is 9.92. The Bertz CT molecular complexity index is 904. The van der Waals surface area contributed by atoms with Crippen LogP contribution in [0.25, 0.3) is 0 Å². The van der Waals surface area contributed by atoms with Crippen molar-refractivity contribution in [2.75, 3.05) is 26.2 Å². The second-order valence-electron chi connectivity index (χ2n) is 8.51. The SMILES string of the molecule is CC(C)(C)c1cc(C(=O)N2CCCCNC(=O)c3cc(Cl)ccc3OCCC2)n[nH]1. The molecule has 0 saturated heterocycles. The number of carbonyl (C=O) groups is 2. The number of hydrogen-bond acceptors (Lipinski definition) is 4. The summed E-state index contributed by atoms with van der Waals surface area (Å²) in [5, 5.41) is 10.6. The van der Waals surface area contributed by atoms with Crippen LogP contribution >= 0.6 is 11.6 Å². The molecule has 1 aliphatic rings. The monoisotopic (exact) mass is 432 g/mol. The van der Waals surface area contributed by atoms with Crippen molar-refractivity contribution in [1.29, 1.82) is 0 Å². The molecule has 1 aromatic heterocycles. The van der Waals surface area contributed by atoms with Crippen molar-refractivity contribution >= 4 is 23.4 Å². The van der Waals surface area contributed by atoms with Gasteiger partial charge in [-0.15, -0.1) is 0 Å². The van der Waals surface area contributed by atoms with Gasteiger partial charge >= 0.3 is 0 Å². The third-order valence-electron chi connectivity index (χ3n) is 5.05. The lowest BCUT2D eigenvalue weighted by Crippen LogP contribution is -2.34. The summed E-state index contributed by atoms with van der Waals surface area (Å²) in [6, 6.07) is 6.86. The molecule has 0 spiro atoms. The number of H-pyrrole nitrogens is 1. The minimum Gasteiger partial charge on any atom is -0.493 e. The number of nitrogens with one attached hydrogen (secondary N) is 2. The van der Waals surface area contributed by atoms with Crippen LogP contribution in [0.4, 0.5) is 0 Å². The molecule has 0 radical (unpaired) electrons. The number of hydrogen-bond donors (Lipinski definition) is 2. The molecule has 0 aliphatic carbocycles. The van der Waals surface area contributed by atoms with Crippen LogP contribution in [0.5, 0.6) is 5.75 Å². The number of fused-ring (bicyclic) bond motifs is 1. The fraction of sp³-hybridized carbons (Fsp3) is 0.500. The fourth-order valence-corrected chi connectivity index (χ4v) is 3.43. The zero-order chi connectivity index (χ0) is 21.7. The van der Waals surface area contributed by atoms with E-state index in [9.17, 15) is 9.59 Å². The molecule has 30 heavy (non-hydrogen) atoms. The summed E-state index contributed by atoms with van der Waals surface area (Å²) in [6.45, 7) is 8.29. The van der Waals surface area contributed by atoms with Crippen LogP contribution in [-0.2, 0) is 5.41 Å². The van der Waals surface area contributed by atoms with Crippen molar-refractivity contribution in [3.63, 3.8) is 0 Å². The molecule has 0 saturated carbocycles. The summed E-state index contributed by atoms with van der Waals surface area (Å²) < 4.78 is 5.83. The Morgan fingerprint density at radius 2 is 1.93 bits per heavy atom. The first-order valence-corrected chi connectivity index (χ1v) is 10.7. The molecule has 1 aliphatic heterocycles. The van der Waals surface area contributed by atoms with Gasteiger partial charge in [-0.1, -0.05) is 32.4 Å². The van der Waals surface area contributed by atoms with Gasteiger partial charge in [0.15, 0.2) is 0 Å². The Morgan fingerprint density at radius 3 is 2.67 bits per heavy atom. The maximum Gasteiger partial charge on any atom is 0.274 e. The second kappa shape index (κ2) is 9.51. The van der Waals surface area contributed by atoms with Crippen LogP contribution in [0.15, 0.2) is 24.3 Å². The number of aromatic nitrogens is 2. The first kappa shape index (κ1) is 22.2. The predicted molar refractivity (Wildman–Crippen MR) is 116 cm³/mol. The average Bonchev–Trinajstić information content (AvgIpc) is 3.20. The van der Waals surface area contributed by atoms with E-state index >= 15 is 0 Å². The van der Waals surface area contributed by atoms with Crippen molar-refractivity contribution in [1.82, 2.24) is 20.4 Å². The van der Waals surface area contributed by atoms with Gasteiger partial charge in [0.25, 0.3) is 11.8 Å². The normalized spacial score (nSPS) is 16.4. The predicted octanol–water partition coefficient (Wildman–Crippen LogP) is 3.80. The Labute approximate surface area is 182 Å². The molecule has 2 heterocycles. The van der Waals surface area contributed by atoms with Crippen LogP contribution in [-0.4, -0.2) is 53.2 Å². The molecule has 162 valence electrons. The lowest BCUT2D eigenvalue weighted by Gasteiger charge is -2.22. The zero-order valence-electron chi connectivity index (χ0n) is 17.8. The summed E-state index contributed by atoms with van der Waals surface area (Å²) in [4.78, 5) is 27.3. The van der Waals surface area contributed by atoms with Gasteiger partial charge in [-0.3, -0.25) is 14.7 Å². The quantitative estimate of drug-likeness (QED) is 0.717. The van der Waals surface area contributed by atoms with Gasteiger partial charge in [0.2, 0.25) is 0 Å². The van der Waals surface area contributed by atoms with Crippen molar-refractivity contribution in [2.45, 2.75) is 45.4 Å². The first-order chi connectivity index (χ1) is 14.3. The lowest BCUT2D eigenvalue weighted by molar-refractivity contribution is 0.0737. The van der Waals surface area contributed by atoms with Gasteiger partial charge in [0.05, 0.1) is 12.2 Å². The van der Waals surface area contributed by atoms with Gasteiger partial charge in [-0.05, 0) is 43.5 Å². The van der Waals surface area contributed by atoms with Gasteiger partial charge in [0.1, 0.15) is 11.4 Å². The van der Waals surface area contributed by atoms with E-state index in [4.69, 9.17) is 16.3 Å². The highest BCUT2D eigenvalue weighted by Crippen LogP contribution is 2.24. The summed E-state index contributed by atoms with van der Waals surface area (Å²) in [5.41, 5.74) is 1.69. The van der Waals surface area contributed by atoms with Crippen LogP contribution in [0.3, 0.4) is 0 Å². The molecule has 0 unspecified atom stereocenters. The number of carbonyl (C=O) groups excluding carboxylic acids is 2. The molecule has 8 heteroatoms. The molecule has 2 amide bonds. The van der Waals surface area contributed by atoms with Crippen molar-refractivity contribution in [3.8, 4) is 5.75 Å². The van der Waals surface area contributed by atoms with E-state index in [0.29, 0.717) is 54.7 Å². The molecule has 0 fully saturated rings. The van der Waals surface area contributed by atoms with E-state index in [-0.39, 0.29) is 17.2 Å². The number of aromatic amines is 1. The fourth-order valence-electron chi connectivity index (χ4n) is 3.26. The van der Waals surface area contributed by atoms with Crippen molar-refractivity contribution in [3.05, 3.63) is 46.2 Å². The highest BCUT2D eigenvalue weighted by atomic mass is 35.5. The average molecular weight is 433 g/mol.